The summed E-state index contributed by atoms with van der Waals surface area (Å²) in [5.41, 5.74) is 1.28. The van der Waals surface area contributed by atoms with Crippen LogP contribution in [0.5, 0.6) is 0 Å². The Morgan fingerprint density at radius 1 is 1.22 bits per heavy atom. The van der Waals surface area contributed by atoms with E-state index < -0.39 is 0 Å². The van der Waals surface area contributed by atoms with Gasteiger partial charge in [-0.2, -0.15) is 0 Å². The lowest BCUT2D eigenvalue weighted by molar-refractivity contribution is 0.281. The Bertz CT molecular complexity index is 386. The third-order valence-electron chi connectivity index (χ3n) is 3.95. The van der Waals surface area contributed by atoms with Crippen molar-refractivity contribution in [2.75, 3.05) is 11.9 Å². The quantitative estimate of drug-likeness (QED) is 0.831. The fraction of sp³-hybridized carbons (Fsp3) is 0.600. The molecule has 0 bridgehead atoms. The largest absolute Gasteiger partial charge is 0.392 e. The SMILES string of the molecule is CN(c1ccc(CO)cc1F)C1CCCCCC1. The lowest BCUT2D eigenvalue weighted by atomic mass is 10.1. The van der Waals surface area contributed by atoms with E-state index in [4.69, 9.17) is 5.11 Å². The van der Waals surface area contributed by atoms with Crippen LogP contribution in [0.15, 0.2) is 18.2 Å². The van der Waals surface area contributed by atoms with Crippen LogP contribution < -0.4 is 4.90 Å². The Morgan fingerprint density at radius 3 is 2.44 bits per heavy atom. The van der Waals surface area contributed by atoms with E-state index in [0.29, 0.717) is 17.3 Å². The minimum Gasteiger partial charge on any atom is -0.392 e. The van der Waals surface area contributed by atoms with Crippen molar-refractivity contribution in [1.29, 1.82) is 0 Å². The summed E-state index contributed by atoms with van der Waals surface area (Å²) in [7, 11) is 1.98. The molecule has 0 saturated heterocycles. The van der Waals surface area contributed by atoms with Gasteiger partial charge in [0.25, 0.3) is 0 Å². The molecule has 0 radical (unpaired) electrons. The van der Waals surface area contributed by atoms with Gasteiger partial charge < -0.3 is 10.0 Å². The zero-order valence-electron chi connectivity index (χ0n) is 11.0. The van der Waals surface area contributed by atoms with Crippen molar-refractivity contribution >= 4 is 5.69 Å². The first-order valence-corrected chi connectivity index (χ1v) is 6.84. The molecule has 0 aromatic heterocycles. The lowest BCUT2D eigenvalue weighted by Gasteiger charge is -2.29. The van der Waals surface area contributed by atoms with E-state index in [2.05, 4.69) is 4.90 Å². The molecular formula is C15H22FNO. The highest BCUT2D eigenvalue weighted by Gasteiger charge is 2.19. The summed E-state index contributed by atoms with van der Waals surface area (Å²) in [6.07, 6.45) is 7.39. The number of nitrogens with zero attached hydrogens (tertiary/aromatic N) is 1. The molecule has 1 saturated carbocycles. The maximum absolute atomic E-state index is 14.0. The number of benzene rings is 1. The average molecular weight is 251 g/mol. The molecule has 18 heavy (non-hydrogen) atoms. The molecule has 0 amide bonds. The first-order valence-electron chi connectivity index (χ1n) is 6.84. The Kier molecular flexibility index (Phi) is 4.59. The van der Waals surface area contributed by atoms with Crippen LogP contribution in [0.1, 0.15) is 44.1 Å². The average Bonchev–Trinajstić information content (AvgIpc) is 2.66. The number of hydrogen-bond donors (Lipinski definition) is 1. The molecule has 0 atom stereocenters. The molecule has 1 N–H and O–H groups in total. The second-order valence-corrected chi connectivity index (χ2v) is 5.20. The van der Waals surface area contributed by atoms with E-state index in [0.717, 1.165) is 12.8 Å². The zero-order valence-corrected chi connectivity index (χ0v) is 11.0. The number of halogens is 1. The van der Waals surface area contributed by atoms with Crippen LogP contribution in [0, 0.1) is 5.82 Å². The van der Waals surface area contributed by atoms with Crippen LogP contribution in [-0.2, 0) is 6.61 Å². The van der Waals surface area contributed by atoms with E-state index >= 15 is 0 Å². The molecule has 0 spiro atoms. The molecule has 0 heterocycles. The van der Waals surface area contributed by atoms with Crippen molar-refractivity contribution in [3.63, 3.8) is 0 Å². The number of hydrogen-bond acceptors (Lipinski definition) is 2. The molecular weight excluding hydrogens is 229 g/mol. The van der Waals surface area contributed by atoms with E-state index in [9.17, 15) is 4.39 Å². The van der Waals surface area contributed by atoms with Gasteiger partial charge in [-0.3, -0.25) is 0 Å². The van der Waals surface area contributed by atoms with Crippen LogP contribution >= 0.6 is 0 Å². The van der Waals surface area contributed by atoms with Gasteiger partial charge in [-0.15, -0.1) is 0 Å². The Labute approximate surface area is 108 Å². The predicted octanol–water partition coefficient (Wildman–Crippen LogP) is 3.48. The minimum absolute atomic E-state index is 0.107. The van der Waals surface area contributed by atoms with Gasteiger partial charge in [0.1, 0.15) is 5.82 Å². The summed E-state index contributed by atoms with van der Waals surface area (Å²) in [5, 5.41) is 9.00. The van der Waals surface area contributed by atoms with Crippen LogP contribution in [0.4, 0.5) is 10.1 Å². The highest BCUT2D eigenvalue weighted by atomic mass is 19.1. The van der Waals surface area contributed by atoms with Crippen LogP contribution in [0.3, 0.4) is 0 Å². The molecule has 100 valence electrons. The van der Waals surface area contributed by atoms with Crippen molar-refractivity contribution in [2.24, 2.45) is 0 Å². The van der Waals surface area contributed by atoms with Crippen molar-refractivity contribution in [3.8, 4) is 0 Å². The number of rotatable bonds is 3. The van der Waals surface area contributed by atoms with E-state index in [-0.39, 0.29) is 12.4 Å². The molecule has 3 heteroatoms. The summed E-state index contributed by atoms with van der Waals surface area (Å²) in [4.78, 5) is 2.07. The number of aliphatic hydroxyl groups is 1. The second-order valence-electron chi connectivity index (χ2n) is 5.20. The molecule has 0 unspecified atom stereocenters. The summed E-state index contributed by atoms with van der Waals surface area (Å²) < 4.78 is 14.0. The first-order chi connectivity index (χ1) is 8.72. The maximum Gasteiger partial charge on any atom is 0.146 e. The van der Waals surface area contributed by atoms with Gasteiger partial charge in [0.15, 0.2) is 0 Å². The standard InChI is InChI=1S/C15H22FNO/c1-17(13-6-4-2-3-5-7-13)15-9-8-12(11-18)10-14(15)16/h8-10,13,18H,2-7,11H2,1H3. The Balaban J connectivity index is 2.14. The van der Waals surface area contributed by atoms with Crippen molar-refractivity contribution in [3.05, 3.63) is 29.6 Å². The molecule has 1 aliphatic rings. The first kappa shape index (κ1) is 13.3. The van der Waals surface area contributed by atoms with Gasteiger partial charge >= 0.3 is 0 Å². The van der Waals surface area contributed by atoms with E-state index in [1.54, 1.807) is 12.1 Å². The van der Waals surface area contributed by atoms with E-state index in [1.165, 1.54) is 31.7 Å². The van der Waals surface area contributed by atoms with E-state index in [1.807, 2.05) is 7.05 Å². The van der Waals surface area contributed by atoms with Gasteiger partial charge in [0, 0.05) is 13.1 Å². The molecule has 2 nitrogen and oxygen atoms in total. The smallest absolute Gasteiger partial charge is 0.146 e. The zero-order chi connectivity index (χ0) is 13.0. The molecule has 1 aromatic rings. The minimum atomic E-state index is -0.228. The summed E-state index contributed by atoms with van der Waals surface area (Å²) >= 11 is 0. The van der Waals surface area contributed by atoms with Crippen molar-refractivity contribution in [2.45, 2.75) is 51.2 Å². The Morgan fingerprint density at radius 2 is 1.89 bits per heavy atom. The van der Waals surface area contributed by atoms with Crippen LogP contribution in [-0.4, -0.2) is 18.2 Å². The monoisotopic (exact) mass is 251 g/mol. The highest BCUT2D eigenvalue weighted by Crippen LogP contribution is 2.27. The summed E-state index contributed by atoms with van der Waals surface area (Å²) in [5.74, 6) is -0.228. The molecule has 0 aliphatic heterocycles. The van der Waals surface area contributed by atoms with Crippen LogP contribution in [0.25, 0.3) is 0 Å². The third-order valence-corrected chi connectivity index (χ3v) is 3.95. The summed E-state index contributed by atoms with van der Waals surface area (Å²) in [6, 6.07) is 5.46. The van der Waals surface area contributed by atoms with Crippen LogP contribution in [0.2, 0.25) is 0 Å². The Hall–Kier alpha value is -1.09. The molecule has 1 aliphatic carbocycles. The fourth-order valence-electron chi connectivity index (χ4n) is 2.78. The topological polar surface area (TPSA) is 23.5 Å². The summed E-state index contributed by atoms with van der Waals surface area (Å²) in [6.45, 7) is -0.107. The highest BCUT2D eigenvalue weighted by molar-refractivity contribution is 5.49. The normalized spacial score (nSPS) is 17.5. The maximum atomic E-state index is 14.0. The van der Waals surface area contributed by atoms with Gasteiger partial charge in [-0.1, -0.05) is 31.7 Å². The third kappa shape index (κ3) is 3.02. The van der Waals surface area contributed by atoms with Crippen molar-refractivity contribution in [1.82, 2.24) is 0 Å². The fourth-order valence-corrected chi connectivity index (χ4v) is 2.78. The van der Waals surface area contributed by atoms with Gasteiger partial charge in [0.05, 0.1) is 12.3 Å². The predicted molar refractivity (Wildman–Crippen MR) is 72.2 cm³/mol. The second kappa shape index (κ2) is 6.19. The molecule has 1 fully saturated rings. The lowest BCUT2D eigenvalue weighted by Crippen LogP contribution is -2.31. The molecule has 2 rings (SSSR count). The van der Waals surface area contributed by atoms with Gasteiger partial charge in [-0.25, -0.2) is 4.39 Å². The molecule has 1 aromatic carbocycles. The van der Waals surface area contributed by atoms with Gasteiger partial charge in [-0.05, 0) is 30.5 Å². The number of aliphatic hydroxyl groups excluding tert-OH is 1. The van der Waals surface area contributed by atoms with Crippen molar-refractivity contribution < 1.29 is 9.50 Å². The number of anilines is 1. The van der Waals surface area contributed by atoms with Gasteiger partial charge in [0.2, 0.25) is 0 Å².